The standard InChI is InChI=1S/C13H12BrF2NO/c1-7-5-10(16)8(6-9(7)15)13(17-2)11-3-4-12(14)18-11/h3-6,13,17H,1-2H3. The molecule has 0 saturated heterocycles. The molecular weight excluding hydrogens is 304 g/mol. The molecule has 18 heavy (non-hydrogen) atoms. The molecule has 1 N–H and O–H groups in total. The van der Waals surface area contributed by atoms with E-state index in [0.717, 1.165) is 0 Å². The topological polar surface area (TPSA) is 25.2 Å². The summed E-state index contributed by atoms with van der Waals surface area (Å²) in [6.07, 6.45) is 0. The van der Waals surface area contributed by atoms with Gasteiger partial charge < -0.3 is 9.73 Å². The van der Waals surface area contributed by atoms with Crippen LogP contribution in [-0.2, 0) is 0 Å². The summed E-state index contributed by atoms with van der Waals surface area (Å²) in [5.74, 6) is -0.371. The fourth-order valence-electron chi connectivity index (χ4n) is 1.82. The van der Waals surface area contributed by atoms with Crippen molar-refractivity contribution in [3.63, 3.8) is 0 Å². The Morgan fingerprint density at radius 3 is 2.50 bits per heavy atom. The van der Waals surface area contributed by atoms with Gasteiger partial charge in [-0.05, 0) is 59.7 Å². The number of halogens is 3. The number of rotatable bonds is 3. The van der Waals surface area contributed by atoms with Crippen LogP contribution in [0.25, 0.3) is 0 Å². The van der Waals surface area contributed by atoms with Crippen molar-refractivity contribution >= 4 is 15.9 Å². The van der Waals surface area contributed by atoms with Crippen LogP contribution in [0.15, 0.2) is 33.4 Å². The number of furan rings is 1. The van der Waals surface area contributed by atoms with Gasteiger partial charge in [0.1, 0.15) is 17.4 Å². The lowest BCUT2D eigenvalue weighted by atomic mass is 10.0. The first-order chi connectivity index (χ1) is 8.52. The molecule has 2 rings (SSSR count). The van der Waals surface area contributed by atoms with Gasteiger partial charge >= 0.3 is 0 Å². The van der Waals surface area contributed by atoms with Gasteiger partial charge in [0.05, 0.1) is 6.04 Å². The van der Waals surface area contributed by atoms with E-state index in [-0.39, 0.29) is 11.1 Å². The Morgan fingerprint density at radius 2 is 1.94 bits per heavy atom. The van der Waals surface area contributed by atoms with E-state index in [4.69, 9.17) is 4.42 Å². The van der Waals surface area contributed by atoms with E-state index >= 15 is 0 Å². The third-order valence-electron chi connectivity index (χ3n) is 2.76. The summed E-state index contributed by atoms with van der Waals surface area (Å²) in [5.41, 5.74) is 0.508. The molecule has 0 fully saturated rings. The lowest BCUT2D eigenvalue weighted by Gasteiger charge is -2.15. The zero-order chi connectivity index (χ0) is 13.3. The summed E-state index contributed by atoms with van der Waals surface area (Å²) in [5, 5.41) is 2.91. The maximum atomic E-state index is 13.9. The maximum absolute atomic E-state index is 13.9. The summed E-state index contributed by atoms with van der Waals surface area (Å²) in [4.78, 5) is 0. The van der Waals surface area contributed by atoms with Crippen molar-refractivity contribution in [3.05, 3.63) is 57.5 Å². The summed E-state index contributed by atoms with van der Waals surface area (Å²) in [6.45, 7) is 1.53. The third kappa shape index (κ3) is 2.47. The molecule has 0 amide bonds. The monoisotopic (exact) mass is 315 g/mol. The number of aryl methyl sites for hydroxylation is 1. The fraction of sp³-hybridized carbons (Fsp3) is 0.231. The maximum Gasteiger partial charge on any atom is 0.169 e. The molecule has 1 heterocycles. The summed E-state index contributed by atoms with van der Waals surface area (Å²) in [6, 6.07) is 5.28. The minimum atomic E-state index is -0.522. The molecule has 0 aliphatic carbocycles. The van der Waals surface area contributed by atoms with Crippen LogP contribution in [0.4, 0.5) is 8.78 Å². The van der Waals surface area contributed by atoms with Crippen LogP contribution in [0.1, 0.15) is 22.9 Å². The van der Waals surface area contributed by atoms with Crippen LogP contribution in [0.5, 0.6) is 0 Å². The Morgan fingerprint density at radius 1 is 1.22 bits per heavy atom. The second-order valence-electron chi connectivity index (χ2n) is 3.99. The average molecular weight is 316 g/mol. The minimum Gasteiger partial charge on any atom is -0.452 e. The number of hydrogen-bond acceptors (Lipinski definition) is 2. The molecule has 0 bridgehead atoms. The largest absolute Gasteiger partial charge is 0.452 e. The van der Waals surface area contributed by atoms with Crippen LogP contribution in [0, 0.1) is 18.6 Å². The van der Waals surface area contributed by atoms with E-state index in [1.807, 2.05) is 0 Å². The highest BCUT2D eigenvalue weighted by Crippen LogP contribution is 2.28. The van der Waals surface area contributed by atoms with Gasteiger partial charge in [-0.3, -0.25) is 0 Å². The van der Waals surface area contributed by atoms with Gasteiger partial charge in [-0.25, -0.2) is 8.78 Å². The SMILES string of the molecule is CNC(c1ccc(Br)o1)c1cc(F)c(C)cc1F. The Balaban J connectivity index is 2.48. The van der Waals surface area contributed by atoms with Gasteiger partial charge in [0, 0.05) is 5.56 Å². The van der Waals surface area contributed by atoms with Gasteiger partial charge in [-0.15, -0.1) is 0 Å². The zero-order valence-corrected chi connectivity index (χ0v) is 11.5. The lowest BCUT2D eigenvalue weighted by Crippen LogP contribution is -2.18. The van der Waals surface area contributed by atoms with Crippen LogP contribution < -0.4 is 5.32 Å². The van der Waals surface area contributed by atoms with Gasteiger partial charge in [-0.1, -0.05) is 0 Å². The lowest BCUT2D eigenvalue weighted by molar-refractivity contribution is 0.436. The van der Waals surface area contributed by atoms with Crippen LogP contribution in [-0.4, -0.2) is 7.05 Å². The molecule has 2 nitrogen and oxygen atoms in total. The fourth-order valence-corrected chi connectivity index (χ4v) is 2.14. The number of benzene rings is 1. The second kappa shape index (κ2) is 5.20. The van der Waals surface area contributed by atoms with Gasteiger partial charge in [0.25, 0.3) is 0 Å². The van der Waals surface area contributed by atoms with Crippen molar-refractivity contribution < 1.29 is 13.2 Å². The summed E-state index contributed by atoms with van der Waals surface area (Å²) < 4.78 is 33.4. The molecule has 0 aliphatic heterocycles. The van der Waals surface area contributed by atoms with Gasteiger partial charge in [0.2, 0.25) is 0 Å². The molecule has 2 aromatic rings. The van der Waals surface area contributed by atoms with E-state index in [0.29, 0.717) is 10.4 Å². The molecule has 0 saturated carbocycles. The molecule has 1 aromatic carbocycles. The molecule has 96 valence electrons. The van der Waals surface area contributed by atoms with Crippen molar-refractivity contribution in [1.82, 2.24) is 5.32 Å². The molecule has 5 heteroatoms. The third-order valence-corrected chi connectivity index (χ3v) is 3.18. The van der Waals surface area contributed by atoms with E-state index in [2.05, 4.69) is 21.2 Å². The first kappa shape index (κ1) is 13.2. The van der Waals surface area contributed by atoms with E-state index < -0.39 is 17.7 Å². The van der Waals surface area contributed by atoms with Gasteiger partial charge in [0.15, 0.2) is 4.67 Å². The summed E-state index contributed by atoms with van der Waals surface area (Å²) >= 11 is 3.18. The Hall–Kier alpha value is -1.20. The highest BCUT2D eigenvalue weighted by Gasteiger charge is 2.21. The van der Waals surface area contributed by atoms with Crippen molar-refractivity contribution in [2.24, 2.45) is 0 Å². The van der Waals surface area contributed by atoms with Crippen molar-refractivity contribution in [2.75, 3.05) is 7.05 Å². The van der Waals surface area contributed by atoms with E-state index in [1.54, 1.807) is 19.2 Å². The normalized spacial score (nSPS) is 12.7. The predicted molar refractivity (Wildman–Crippen MR) is 68.4 cm³/mol. The number of nitrogens with one attached hydrogen (secondary N) is 1. The summed E-state index contributed by atoms with van der Waals surface area (Å²) in [7, 11) is 1.66. The smallest absolute Gasteiger partial charge is 0.169 e. The second-order valence-corrected chi connectivity index (χ2v) is 4.77. The molecule has 1 unspecified atom stereocenters. The Kier molecular flexibility index (Phi) is 3.82. The number of hydrogen-bond donors (Lipinski definition) is 1. The molecular formula is C13H12BrF2NO. The molecule has 0 spiro atoms. The Labute approximate surface area is 112 Å². The first-order valence-electron chi connectivity index (χ1n) is 5.41. The quantitative estimate of drug-likeness (QED) is 0.928. The highest BCUT2D eigenvalue weighted by atomic mass is 79.9. The minimum absolute atomic E-state index is 0.224. The van der Waals surface area contributed by atoms with E-state index in [1.165, 1.54) is 19.1 Å². The van der Waals surface area contributed by atoms with Crippen LogP contribution >= 0.6 is 15.9 Å². The average Bonchev–Trinajstić information content (AvgIpc) is 2.73. The Bertz CT molecular complexity index is 568. The predicted octanol–water partition coefficient (Wildman–Crippen LogP) is 3.94. The molecule has 0 aliphatic rings. The van der Waals surface area contributed by atoms with Gasteiger partial charge in [-0.2, -0.15) is 0 Å². The van der Waals surface area contributed by atoms with Crippen LogP contribution in [0.2, 0.25) is 0 Å². The highest BCUT2D eigenvalue weighted by molar-refractivity contribution is 9.10. The van der Waals surface area contributed by atoms with E-state index in [9.17, 15) is 8.78 Å². The van der Waals surface area contributed by atoms with Crippen molar-refractivity contribution in [1.29, 1.82) is 0 Å². The molecule has 0 radical (unpaired) electrons. The van der Waals surface area contributed by atoms with Crippen molar-refractivity contribution in [2.45, 2.75) is 13.0 Å². The first-order valence-corrected chi connectivity index (χ1v) is 6.20. The molecule has 1 atom stereocenters. The zero-order valence-electron chi connectivity index (χ0n) is 9.93. The van der Waals surface area contributed by atoms with Crippen molar-refractivity contribution in [3.8, 4) is 0 Å². The van der Waals surface area contributed by atoms with Crippen LogP contribution in [0.3, 0.4) is 0 Å². The molecule has 1 aromatic heterocycles.